The molecule has 2 unspecified atom stereocenters. The van der Waals surface area contributed by atoms with E-state index in [-0.39, 0.29) is 0 Å². The summed E-state index contributed by atoms with van der Waals surface area (Å²) in [7, 11) is 0. The highest BCUT2D eigenvalue weighted by Crippen LogP contribution is 2.20. The summed E-state index contributed by atoms with van der Waals surface area (Å²) in [6.45, 7) is 13.3. The molecule has 0 aromatic heterocycles. The number of allylic oxidation sites excluding steroid dienone is 1. The molecule has 0 aromatic rings. The van der Waals surface area contributed by atoms with E-state index < -0.39 is 0 Å². The van der Waals surface area contributed by atoms with Crippen LogP contribution in [0.25, 0.3) is 0 Å². The first-order valence-electron chi connectivity index (χ1n) is 5.79. The van der Waals surface area contributed by atoms with Crippen LogP contribution in [0.2, 0.25) is 0 Å². The fraction of sp³-hybridized carbons (Fsp3) is 0.846. The first kappa shape index (κ1) is 12.7. The maximum Gasteiger partial charge on any atom is -0.0237 e. The van der Waals surface area contributed by atoms with Crippen LogP contribution >= 0.6 is 0 Å². The summed E-state index contributed by atoms with van der Waals surface area (Å²) >= 11 is 0. The minimum absolute atomic E-state index is 0.719. The van der Waals surface area contributed by atoms with Gasteiger partial charge in [0.25, 0.3) is 0 Å². The van der Waals surface area contributed by atoms with Gasteiger partial charge in [-0.05, 0) is 31.1 Å². The lowest BCUT2D eigenvalue weighted by atomic mass is 9.93. The van der Waals surface area contributed by atoms with E-state index in [2.05, 4.69) is 34.3 Å². The van der Waals surface area contributed by atoms with Gasteiger partial charge in [-0.2, -0.15) is 0 Å². The second kappa shape index (κ2) is 7.17. The molecule has 13 heavy (non-hydrogen) atoms. The largest absolute Gasteiger partial charge is 0.0996 e. The van der Waals surface area contributed by atoms with E-state index >= 15 is 0 Å². The van der Waals surface area contributed by atoms with Crippen LogP contribution in [0.1, 0.15) is 59.8 Å². The van der Waals surface area contributed by atoms with Gasteiger partial charge in [0.15, 0.2) is 0 Å². The van der Waals surface area contributed by atoms with Crippen molar-refractivity contribution < 1.29 is 0 Å². The quantitative estimate of drug-likeness (QED) is 0.496. The van der Waals surface area contributed by atoms with Gasteiger partial charge in [-0.3, -0.25) is 0 Å². The molecule has 2 atom stereocenters. The van der Waals surface area contributed by atoms with Crippen LogP contribution in [0.3, 0.4) is 0 Å². The Hall–Kier alpha value is -0.260. The molecule has 0 radical (unpaired) electrons. The van der Waals surface area contributed by atoms with Crippen molar-refractivity contribution >= 4 is 0 Å². The van der Waals surface area contributed by atoms with Gasteiger partial charge in [0.1, 0.15) is 0 Å². The van der Waals surface area contributed by atoms with Crippen molar-refractivity contribution in [2.75, 3.05) is 0 Å². The Morgan fingerprint density at radius 3 is 2.23 bits per heavy atom. The smallest absolute Gasteiger partial charge is 0.0237 e. The number of hydrogen-bond donors (Lipinski definition) is 0. The van der Waals surface area contributed by atoms with Crippen molar-refractivity contribution in [2.45, 2.75) is 59.8 Å². The fourth-order valence-electron chi connectivity index (χ4n) is 1.42. The Morgan fingerprint density at radius 2 is 1.77 bits per heavy atom. The van der Waals surface area contributed by atoms with Crippen LogP contribution in [-0.4, -0.2) is 0 Å². The van der Waals surface area contributed by atoms with Crippen LogP contribution in [0.5, 0.6) is 0 Å². The van der Waals surface area contributed by atoms with Crippen molar-refractivity contribution in [2.24, 2.45) is 11.8 Å². The second-order valence-corrected chi connectivity index (χ2v) is 4.37. The molecule has 0 rings (SSSR count). The molecule has 0 spiro atoms. The molecule has 0 nitrogen and oxygen atoms in total. The van der Waals surface area contributed by atoms with E-state index in [4.69, 9.17) is 0 Å². The molecule has 0 fully saturated rings. The molecule has 0 saturated carbocycles. The normalized spacial score (nSPS) is 15.4. The fourth-order valence-corrected chi connectivity index (χ4v) is 1.42. The Kier molecular flexibility index (Phi) is 7.03. The first-order valence-corrected chi connectivity index (χ1v) is 5.79. The zero-order chi connectivity index (χ0) is 10.3. The summed E-state index contributed by atoms with van der Waals surface area (Å²) < 4.78 is 0. The number of rotatable bonds is 7. The summed E-state index contributed by atoms with van der Waals surface area (Å²) in [5.41, 5.74) is 1.45. The molecule has 0 aromatic carbocycles. The highest BCUT2D eigenvalue weighted by molar-refractivity contribution is 4.98. The Labute approximate surface area is 84.4 Å². The van der Waals surface area contributed by atoms with Crippen molar-refractivity contribution in [3.63, 3.8) is 0 Å². The minimum atomic E-state index is 0.719. The van der Waals surface area contributed by atoms with Crippen LogP contribution < -0.4 is 0 Å². The zero-order valence-corrected chi connectivity index (χ0v) is 9.90. The van der Waals surface area contributed by atoms with Crippen molar-refractivity contribution in [1.82, 2.24) is 0 Å². The summed E-state index contributed by atoms with van der Waals surface area (Å²) in [6.07, 6.45) is 6.49. The predicted molar refractivity (Wildman–Crippen MR) is 61.9 cm³/mol. The third kappa shape index (κ3) is 5.90. The lowest BCUT2D eigenvalue weighted by Gasteiger charge is -2.13. The van der Waals surface area contributed by atoms with Crippen LogP contribution in [0.4, 0.5) is 0 Å². The van der Waals surface area contributed by atoms with E-state index in [0.717, 1.165) is 11.8 Å². The van der Waals surface area contributed by atoms with Gasteiger partial charge in [0.2, 0.25) is 0 Å². The summed E-state index contributed by atoms with van der Waals surface area (Å²) in [5, 5.41) is 0. The van der Waals surface area contributed by atoms with E-state index in [9.17, 15) is 0 Å². The van der Waals surface area contributed by atoms with Crippen LogP contribution in [-0.2, 0) is 0 Å². The zero-order valence-electron chi connectivity index (χ0n) is 9.90. The van der Waals surface area contributed by atoms with Gasteiger partial charge >= 0.3 is 0 Å². The van der Waals surface area contributed by atoms with Crippen molar-refractivity contribution in [3.05, 3.63) is 12.2 Å². The lowest BCUT2D eigenvalue weighted by molar-refractivity contribution is 0.485. The summed E-state index contributed by atoms with van der Waals surface area (Å²) in [4.78, 5) is 0. The standard InChI is InChI=1S/C13H26/c1-6-11(3)9-8-10-13(5)12(4)7-2/h11-12H,5-10H2,1-4H3. The van der Waals surface area contributed by atoms with E-state index in [1.54, 1.807) is 0 Å². The maximum atomic E-state index is 4.15. The molecule has 0 aliphatic heterocycles. The monoisotopic (exact) mass is 182 g/mol. The van der Waals surface area contributed by atoms with Gasteiger partial charge in [0, 0.05) is 0 Å². The molecule has 0 heterocycles. The molecule has 0 amide bonds. The molecule has 0 saturated heterocycles. The topological polar surface area (TPSA) is 0 Å². The highest BCUT2D eigenvalue weighted by Gasteiger charge is 2.04. The molecule has 0 aliphatic rings. The number of hydrogen-bond acceptors (Lipinski definition) is 0. The Balaban J connectivity index is 3.47. The average molecular weight is 182 g/mol. The SMILES string of the molecule is C=C(CCCC(C)CC)C(C)CC. The van der Waals surface area contributed by atoms with E-state index in [1.807, 2.05) is 0 Å². The van der Waals surface area contributed by atoms with Crippen molar-refractivity contribution in [1.29, 1.82) is 0 Å². The Morgan fingerprint density at radius 1 is 1.15 bits per heavy atom. The molecule has 0 aliphatic carbocycles. The second-order valence-electron chi connectivity index (χ2n) is 4.37. The van der Waals surface area contributed by atoms with E-state index in [0.29, 0.717) is 0 Å². The first-order chi connectivity index (χ1) is 6.11. The lowest BCUT2D eigenvalue weighted by Crippen LogP contribution is -1.98. The van der Waals surface area contributed by atoms with Crippen LogP contribution in [0, 0.1) is 11.8 Å². The summed E-state index contributed by atoms with van der Waals surface area (Å²) in [6, 6.07) is 0. The van der Waals surface area contributed by atoms with Gasteiger partial charge < -0.3 is 0 Å². The highest BCUT2D eigenvalue weighted by atomic mass is 14.1. The molecule has 0 bridgehead atoms. The van der Waals surface area contributed by atoms with E-state index in [1.165, 1.54) is 37.7 Å². The van der Waals surface area contributed by atoms with Gasteiger partial charge in [-0.25, -0.2) is 0 Å². The van der Waals surface area contributed by atoms with Gasteiger partial charge in [-0.15, -0.1) is 0 Å². The third-order valence-electron chi connectivity index (χ3n) is 3.20. The van der Waals surface area contributed by atoms with Crippen molar-refractivity contribution in [3.8, 4) is 0 Å². The molecule has 0 N–H and O–H groups in total. The molecular formula is C13H26. The minimum Gasteiger partial charge on any atom is -0.0996 e. The van der Waals surface area contributed by atoms with Crippen LogP contribution in [0.15, 0.2) is 12.2 Å². The van der Waals surface area contributed by atoms with Gasteiger partial charge in [0.05, 0.1) is 0 Å². The molecule has 78 valence electrons. The third-order valence-corrected chi connectivity index (χ3v) is 3.20. The average Bonchev–Trinajstić information content (AvgIpc) is 2.15. The summed E-state index contributed by atoms with van der Waals surface area (Å²) in [5.74, 6) is 1.61. The molecular weight excluding hydrogens is 156 g/mol. The molecule has 0 heteroatoms. The Bertz CT molecular complexity index is 135. The van der Waals surface area contributed by atoms with Gasteiger partial charge in [-0.1, -0.05) is 52.7 Å². The maximum absolute atomic E-state index is 4.15. The predicted octanol–water partition coefficient (Wildman–Crippen LogP) is 4.81.